The zero-order chi connectivity index (χ0) is 20.8. The predicted molar refractivity (Wildman–Crippen MR) is 116 cm³/mol. The molecule has 0 radical (unpaired) electrons. The van der Waals surface area contributed by atoms with E-state index in [0.717, 1.165) is 62.8 Å². The van der Waals surface area contributed by atoms with Crippen LogP contribution in [0.4, 0.5) is 0 Å². The molecule has 2 aliphatic rings. The predicted octanol–water partition coefficient (Wildman–Crippen LogP) is 1.70. The number of hydrogen-bond acceptors (Lipinski definition) is 5. The molecule has 1 saturated carbocycles. The molecular weight excluding hydrogens is 380 g/mol. The average molecular weight is 411 g/mol. The van der Waals surface area contributed by atoms with E-state index in [-0.39, 0.29) is 5.91 Å². The van der Waals surface area contributed by atoms with E-state index in [0.29, 0.717) is 25.0 Å². The number of carbonyl (C=O) groups is 1. The second kappa shape index (κ2) is 9.75. The van der Waals surface area contributed by atoms with Crippen molar-refractivity contribution in [1.82, 2.24) is 25.4 Å². The largest absolute Gasteiger partial charge is 0.444 e. The van der Waals surface area contributed by atoms with Gasteiger partial charge in [0.05, 0.1) is 13.1 Å². The fourth-order valence-electron chi connectivity index (χ4n) is 3.50. The number of oxazole rings is 1. The Morgan fingerprint density at radius 2 is 1.97 bits per heavy atom. The van der Waals surface area contributed by atoms with Crippen LogP contribution in [0.25, 0.3) is 11.5 Å². The number of amides is 1. The molecule has 2 N–H and O–H groups in total. The van der Waals surface area contributed by atoms with Gasteiger partial charge < -0.3 is 20.0 Å². The molecule has 2 heterocycles. The van der Waals surface area contributed by atoms with Crippen molar-refractivity contribution in [3.63, 3.8) is 0 Å². The first-order valence-electron chi connectivity index (χ1n) is 10.8. The fourth-order valence-corrected chi connectivity index (χ4v) is 3.50. The van der Waals surface area contributed by atoms with Gasteiger partial charge in [-0.2, -0.15) is 0 Å². The van der Waals surface area contributed by atoms with Crippen LogP contribution in [0.5, 0.6) is 0 Å². The van der Waals surface area contributed by atoms with Gasteiger partial charge >= 0.3 is 0 Å². The number of nitrogens with zero attached hydrogens (tertiary/aromatic N) is 4. The molecule has 0 bridgehead atoms. The van der Waals surface area contributed by atoms with E-state index in [2.05, 4.69) is 32.3 Å². The summed E-state index contributed by atoms with van der Waals surface area (Å²) < 4.78 is 5.61. The number of aliphatic imine (C=N–C) groups is 1. The maximum atomic E-state index is 12.0. The van der Waals surface area contributed by atoms with Crippen LogP contribution in [-0.4, -0.2) is 72.0 Å². The number of hydrogen-bond donors (Lipinski definition) is 2. The molecule has 4 rings (SSSR count). The maximum absolute atomic E-state index is 12.0. The standard InChI is InChI=1S/C22H30N6O2/c1-2-23-22(24-14-19-16-30-21(26-19)17-6-4-3-5-7-17)28-12-10-27(11-13-28)15-20(29)25-18-8-9-18/h3-7,16,18H,2,8-15H2,1H3,(H,23,24)(H,25,29). The van der Waals surface area contributed by atoms with Crippen molar-refractivity contribution < 1.29 is 9.21 Å². The molecular formula is C22H30N6O2. The molecule has 8 heteroatoms. The third-order valence-electron chi connectivity index (χ3n) is 5.28. The summed E-state index contributed by atoms with van der Waals surface area (Å²) in [5.74, 6) is 1.64. The van der Waals surface area contributed by atoms with Gasteiger partial charge in [0.15, 0.2) is 5.96 Å². The molecule has 1 saturated heterocycles. The van der Waals surface area contributed by atoms with Crippen LogP contribution in [-0.2, 0) is 11.3 Å². The second-order valence-corrected chi connectivity index (χ2v) is 7.79. The molecule has 8 nitrogen and oxygen atoms in total. The number of nitrogens with one attached hydrogen (secondary N) is 2. The van der Waals surface area contributed by atoms with Crippen molar-refractivity contribution in [3.05, 3.63) is 42.3 Å². The van der Waals surface area contributed by atoms with Crippen LogP contribution in [0.1, 0.15) is 25.5 Å². The van der Waals surface area contributed by atoms with Gasteiger partial charge in [0, 0.05) is 44.3 Å². The first-order chi connectivity index (χ1) is 14.7. The van der Waals surface area contributed by atoms with Crippen LogP contribution in [0.15, 0.2) is 46.0 Å². The summed E-state index contributed by atoms with van der Waals surface area (Å²) in [5.41, 5.74) is 1.76. The number of aromatic nitrogens is 1. The van der Waals surface area contributed by atoms with Crippen molar-refractivity contribution >= 4 is 11.9 Å². The van der Waals surface area contributed by atoms with E-state index in [1.807, 2.05) is 30.3 Å². The fraction of sp³-hybridized carbons (Fsp3) is 0.500. The summed E-state index contributed by atoms with van der Waals surface area (Å²) in [5, 5.41) is 6.43. The smallest absolute Gasteiger partial charge is 0.234 e. The van der Waals surface area contributed by atoms with Gasteiger partial charge in [0.1, 0.15) is 12.0 Å². The molecule has 1 aliphatic carbocycles. The molecule has 0 spiro atoms. The van der Waals surface area contributed by atoms with E-state index in [1.54, 1.807) is 6.26 Å². The maximum Gasteiger partial charge on any atom is 0.234 e. The third-order valence-corrected chi connectivity index (χ3v) is 5.28. The zero-order valence-corrected chi connectivity index (χ0v) is 17.5. The number of rotatable bonds is 7. The minimum absolute atomic E-state index is 0.145. The van der Waals surface area contributed by atoms with Gasteiger partial charge in [0.2, 0.25) is 11.8 Å². The lowest BCUT2D eigenvalue weighted by Crippen LogP contribution is -2.54. The molecule has 0 unspecified atom stereocenters. The minimum Gasteiger partial charge on any atom is -0.444 e. The Labute approximate surface area is 177 Å². The Balaban J connectivity index is 1.31. The summed E-state index contributed by atoms with van der Waals surface area (Å²) in [4.78, 5) is 25.8. The highest BCUT2D eigenvalue weighted by Crippen LogP contribution is 2.19. The first kappa shape index (κ1) is 20.4. The lowest BCUT2D eigenvalue weighted by Gasteiger charge is -2.36. The average Bonchev–Trinajstić information content (AvgIpc) is 3.45. The van der Waals surface area contributed by atoms with Gasteiger partial charge in [-0.1, -0.05) is 18.2 Å². The summed E-state index contributed by atoms with van der Waals surface area (Å²) in [6.07, 6.45) is 3.92. The Bertz CT molecular complexity index is 854. The van der Waals surface area contributed by atoms with Crippen LogP contribution >= 0.6 is 0 Å². The third kappa shape index (κ3) is 5.60. The lowest BCUT2D eigenvalue weighted by molar-refractivity contribution is -0.122. The Morgan fingerprint density at radius 3 is 2.67 bits per heavy atom. The topological polar surface area (TPSA) is 86.0 Å². The van der Waals surface area contributed by atoms with Gasteiger partial charge in [0.25, 0.3) is 0 Å². The van der Waals surface area contributed by atoms with E-state index in [4.69, 9.17) is 9.41 Å². The highest BCUT2D eigenvalue weighted by molar-refractivity contribution is 5.80. The molecule has 30 heavy (non-hydrogen) atoms. The Morgan fingerprint density at radius 1 is 1.20 bits per heavy atom. The Kier molecular flexibility index (Phi) is 6.63. The summed E-state index contributed by atoms with van der Waals surface area (Å²) >= 11 is 0. The zero-order valence-electron chi connectivity index (χ0n) is 17.5. The van der Waals surface area contributed by atoms with Crippen molar-refractivity contribution in [1.29, 1.82) is 0 Å². The van der Waals surface area contributed by atoms with Crippen molar-refractivity contribution in [2.75, 3.05) is 39.3 Å². The highest BCUT2D eigenvalue weighted by Gasteiger charge is 2.26. The molecule has 160 valence electrons. The molecule has 0 atom stereocenters. The van der Waals surface area contributed by atoms with Crippen molar-refractivity contribution in [2.24, 2.45) is 4.99 Å². The second-order valence-electron chi connectivity index (χ2n) is 7.79. The van der Waals surface area contributed by atoms with Crippen LogP contribution in [0.3, 0.4) is 0 Å². The van der Waals surface area contributed by atoms with Gasteiger partial charge in [-0.15, -0.1) is 0 Å². The van der Waals surface area contributed by atoms with E-state index < -0.39 is 0 Å². The molecule has 1 amide bonds. The molecule has 1 aliphatic heterocycles. The van der Waals surface area contributed by atoms with Crippen molar-refractivity contribution in [3.8, 4) is 11.5 Å². The number of benzene rings is 1. The molecule has 2 fully saturated rings. The molecule has 2 aromatic rings. The Hall–Kier alpha value is -2.87. The monoisotopic (exact) mass is 410 g/mol. The van der Waals surface area contributed by atoms with Gasteiger partial charge in [-0.3, -0.25) is 9.69 Å². The lowest BCUT2D eigenvalue weighted by atomic mass is 10.2. The van der Waals surface area contributed by atoms with E-state index in [1.165, 1.54) is 0 Å². The SMILES string of the molecule is CCNC(=NCc1coc(-c2ccccc2)n1)N1CCN(CC(=O)NC2CC2)CC1. The number of piperazine rings is 1. The van der Waals surface area contributed by atoms with Crippen LogP contribution in [0, 0.1) is 0 Å². The summed E-state index contributed by atoms with van der Waals surface area (Å²) in [6.45, 7) is 7.21. The summed E-state index contributed by atoms with van der Waals surface area (Å²) in [7, 11) is 0. The van der Waals surface area contributed by atoms with Crippen LogP contribution < -0.4 is 10.6 Å². The minimum atomic E-state index is 0.145. The number of carbonyl (C=O) groups excluding carboxylic acids is 1. The van der Waals surface area contributed by atoms with Gasteiger partial charge in [-0.25, -0.2) is 9.98 Å². The van der Waals surface area contributed by atoms with E-state index >= 15 is 0 Å². The summed E-state index contributed by atoms with van der Waals surface area (Å²) in [6, 6.07) is 10.3. The molecule has 1 aromatic heterocycles. The normalized spacial score (nSPS) is 17.8. The van der Waals surface area contributed by atoms with E-state index in [9.17, 15) is 4.79 Å². The number of guanidine groups is 1. The first-order valence-corrected chi connectivity index (χ1v) is 10.8. The molecule has 1 aromatic carbocycles. The highest BCUT2D eigenvalue weighted by atomic mass is 16.3. The van der Waals surface area contributed by atoms with Crippen molar-refractivity contribution in [2.45, 2.75) is 32.4 Å². The van der Waals surface area contributed by atoms with Crippen LogP contribution in [0.2, 0.25) is 0 Å². The quantitative estimate of drug-likeness (QED) is 0.534. The van der Waals surface area contributed by atoms with Gasteiger partial charge in [-0.05, 0) is 31.9 Å².